The number of aromatic nitrogens is 3. The van der Waals surface area contributed by atoms with Crippen molar-refractivity contribution in [3.05, 3.63) is 30.4 Å². The summed E-state index contributed by atoms with van der Waals surface area (Å²) in [6, 6.07) is 1.84. The largest absolute Gasteiger partial charge is 0.481 e. The lowest BCUT2D eigenvalue weighted by Gasteiger charge is -2.25. The predicted octanol–water partition coefficient (Wildman–Crippen LogP) is 1.41. The first-order chi connectivity index (χ1) is 9.10. The molecular formula is C13H18N4O2. The van der Waals surface area contributed by atoms with E-state index in [1.54, 1.807) is 6.20 Å². The Morgan fingerprint density at radius 1 is 1.58 bits per heavy atom. The van der Waals surface area contributed by atoms with Crippen LogP contribution < -0.4 is 0 Å². The van der Waals surface area contributed by atoms with E-state index in [9.17, 15) is 4.79 Å². The van der Waals surface area contributed by atoms with Crippen LogP contribution in [0.25, 0.3) is 5.78 Å². The van der Waals surface area contributed by atoms with Gasteiger partial charge in [0.2, 0.25) is 5.78 Å². The zero-order valence-electron chi connectivity index (χ0n) is 11.2. The van der Waals surface area contributed by atoms with Gasteiger partial charge in [0.1, 0.15) is 0 Å². The Hall–Kier alpha value is -1.95. The number of carboxylic acids is 1. The van der Waals surface area contributed by atoms with Gasteiger partial charge in [0.05, 0.1) is 12.1 Å². The fourth-order valence-corrected chi connectivity index (χ4v) is 2.12. The molecular weight excluding hydrogens is 244 g/mol. The van der Waals surface area contributed by atoms with Crippen LogP contribution in [0.3, 0.4) is 0 Å². The van der Waals surface area contributed by atoms with Crippen LogP contribution >= 0.6 is 0 Å². The summed E-state index contributed by atoms with van der Waals surface area (Å²) in [5, 5.41) is 8.85. The van der Waals surface area contributed by atoms with E-state index in [2.05, 4.69) is 14.9 Å². The van der Waals surface area contributed by atoms with Crippen molar-refractivity contribution in [2.75, 3.05) is 6.54 Å². The molecule has 0 aliphatic carbocycles. The highest BCUT2D eigenvalue weighted by molar-refractivity contribution is 5.67. The minimum atomic E-state index is -0.775. The van der Waals surface area contributed by atoms with Crippen LogP contribution in [0.1, 0.15) is 26.0 Å². The molecule has 6 nitrogen and oxygen atoms in total. The lowest BCUT2D eigenvalue weighted by Crippen LogP contribution is -2.34. The zero-order valence-corrected chi connectivity index (χ0v) is 11.2. The number of hydrogen-bond acceptors (Lipinski definition) is 4. The number of aliphatic carboxylic acids is 1. The van der Waals surface area contributed by atoms with Gasteiger partial charge < -0.3 is 5.11 Å². The lowest BCUT2D eigenvalue weighted by molar-refractivity contribution is -0.138. The maximum absolute atomic E-state index is 10.8. The summed E-state index contributed by atoms with van der Waals surface area (Å²) in [6.07, 6.45) is 5.67. The Morgan fingerprint density at radius 2 is 2.37 bits per heavy atom. The second-order valence-electron chi connectivity index (χ2n) is 4.57. The van der Waals surface area contributed by atoms with Crippen molar-refractivity contribution in [3.8, 4) is 0 Å². The third-order valence-corrected chi connectivity index (χ3v) is 3.15. The number of nitrogens with zero attached hydrogens (tertiary/aromatic N) is 4. The smallest absolute Gasteiger partial charge is 0.304 e. The number of carbonyl (C=O) groups is 1. The Balaban J connectivity index is 2.11. The van der Waals surface area contributed by atoms with Gasteiger partial charge >= 0.3 is 5.97 Å². The molecule has 0 saturated carbocycles. The molecule has 6 heteroatoms. The summed E-state index contributed by atoms with van der Waals surface area (Å²) < 4.78 is 1.87. The van der Waals surface area contributed by atoms with E-state index in [1.165, 1.54) is 0 Å². The third kappa shape index (κ3) is 3.29. The van der Waals surface area contributed by atoms with Gasteiger partial charge in [-0.2, -0.15) is 0 Å². The standard InChI is InChI=1S/C13H18N4O2/c1-3-16(10(2)7-12(18)19)8-11-9-17-6-4-5-14-13(17)15-11/h4-6,9-10H,3,7-8H2,1-2H3,(H,18,19). The van der Waals surface area contributed by atoms with Gasteiger partial charge in [0.15, 0.2) is 0 Å². The average molecular weight is 262 g/mol. The minimum absolute atomic E-state index is 0.0136. The van der Waals surface area contributed by atoms with Crippen LogP contribution in [0.5, 0.6) is 0 Å². The molecule has 0 radical (unpaired) electrons. The van der Waals surface area contributed by atoms with Crippen LogP contribution in [-0.4, -0.2) is 42.9 Å². The Labute approximate surface area is 111 Å². The van der Waals surface area contributed by atoms with Crippen LogP contribution in [-0.2, 0) is 11.3 Å². The van der Waals surface area contributed by atoms with E-state index in [1.807, 2.05) is 36.7 Å². The van der Waals surface area contributed by atoms with Crippen LogP contribution in [0.4, 0.5) is 0 Å². The van der Waals surface area contributed by atoms with Crippen LogP contribution in [0.2, 0.25) is 0 Å². The molecule has 0 bridgehead atoms. The number of hydrogen-bond donors (Lipinski definition) is 1. The number of imidazole rings is 1. The second-order valence-corrected chi connectivity index (χ2v) is 4.57. The molecule has 102 valence electrons. The first kappa shape index (κ1) is 13.5. The highest BCUT2D eigenvalue weighted by Crippen LogP contribution is 2.10. The third-order valence-electron chi connectivity index (χ3n) is 3.15. The summed E-state index contributed by atoms with van der Waals surface area (Å²) in [5.41, 5.74) is 0.901. The van der Waals surface area contributed by atoms with E-state index in [0.29, 0.717) is 12.3 Å². The van der Waals surface area contributed by atoms with Crippen molar-refractivity contribution >= 4 is 11.7 Å². The van der Waals surface area contributed by atoms with Gasteiger partial charge in [-0.3, -0.25) is 14.1 Å². The second kappa shape index (κ2) is 5.79. The van der Waals surface area contributed by atoms with Crippen molar-refractivity contribution in [1.29, 1.82) is 0 Å². The van der Waals surface area contributed by atoms with Crippen molar-refractivity contribution in [2.45, 2.75) is 32.9 Å². The fourth-order valence-electron chi connectivity index (χ4n) is 2.12. The molecule has 1 unspecified atom stereocenters. The fraction of sp³-hybridized carbons (Fsp3) is 0.462. The highest BCUT2D eigenvalue weighted by Gasteiger charge is 2.17. The highest BCUT2D eigenvalue weighted by atomic mass is 16.4. The summed E-state index contributed by atoms with van der Waals surface area (Å²) in [6.45, 7) is 5.36. The Bertz CT molecular complexity index is 534. The number of rotatable bonds is 6. The molecule has 1 N–H and O–H groups in total. The molecule has 2 aromatic rings. The Morgan fingerprint density at radius 3 is 3.00 bits per heavy atom. The molecule has 0 fully saturated rings. The van der Waals surface area contributed by atoms with E-state index in [0.717, 1.165) is 12.2 Å². The minimum Gasteiger partial charge on any atom is -0.481 e. The van der Waals surface area contributed by atoms with Gasteiger partial charge in [0, 0.05) is 31.2 Å². The van der Waals surface area contributed by atoms with Gasteiger partial charge in [-0.1, -0.05) is 6.92 Å². The van der Waals surface area contributed by atoms with Gasteiger partial charge in [0.25, 0.3) is 0 Å². The molecule has 0 aromatic carbocycles. The van der Waals surface area contributed by atoms with E-state index in [4.69, 9.17) is 5.11 Å². The van der Waals surface area contributed by atoms with Gasteiger partial charge in [-0.25, -0.2) is 9.97 Å². The SMILES string of the molecule is CCN(Cc1cn2cccnc2n1)C(C)CC(=O)O. The summed E-state index contributed by atoms with van der Waals surface area (Å²) >= 11 is 0. The molecule has 0 amide bonds. The first-order valence-corrected chi connectivity index (χ1v) is 6.34. The van der Waals surface area contributed by atoms with Crippen LogP contribution in [0, 0.1) is 0 Å². The van der Waals surface area contributed by atoms with Crippen molar-refractivity contribution in [2.24, 2.45) is 0 Å². The molecule has 2 aromatic heterocycles. The molecule has 0 aliphatic heterocycles. The summed E-state index contributed by atoms with van der Waals surface area (Å²) in [4.78, 5) is 21.5. The first-order valence-electron chi connectivity index (χ1n) is 6.34. The molecule has 19 heavy (non-hydrogen) atoms. The molecule has 0 saturated heterocycles. The average Bonchev–Trinajstić information content (AvgIpc) is 2.77. The molecule has 0 aliphatic rings. The molecule has 2 rings (SSSR count). The normalized spacial score (nSPS) is 13.0. The van der Waals surface area contributed by atoms with E-state index < -0.39 is 5.97 Å². The summed E-state index contributed by atoms with van der Waals surface area (Å²) in [7, 11) is 0. The van der Waals surface area contributed by atoms with Crippen molar-refractivity contribution in [3.63, 3.8) is 0 Å². The molecule has 0 spiro atoms. The lowest BCUT2D eigenvalue weighted by atomic mass is 10.2. The maximum Gasteiger partial charge on any atom is 0.304 e. The monoisotopic (exact) mass is 262 g/mol. The molecule has 1 atom stereocenters. The zero-order chi connectivity index (χ0) is 13.8. The van der Waals surface area contributed by atoms with E-state index in [-0.39, 0.29) is 12.5 Å². The molecule has 2 heterocycles. The predicted molar refractivity (Wildman–Crippen MR) is 70.8 cm³/mol. The number of fused-ring (bicyclic) bond motifs is 1. The maximum atomic E-state index is 10.8. The topological polar surface area (TPSA) is 70.7 Å². The van der Waals surface area contributed by atoms with E-state index >= 15 is 0 Å². The number of carboxylic acid groups (broad SMARTS) is 1. The van der Waals surface area contributed by atoms with Crippen LogP contribution in [0.15, 0.2) is 24.7 Å². The van der Waals surface area contributed by atoms with Gasteiger partial charge in [-0.05, 0) is 19.5 Å². The quantitative estimate of drug-likeness (QED) is 0.852. The van der Waals surface area contributed by atoms with Crippen molar-refractivity contribution in [1.82, 2.24) is 19.3 Å². The van der Waals surface area contributed by atoms with Gasteiger partial charge in [-0.15, -0.1) is 0 Å². The Kier molecular flexibility index (Phi) is 4.11. The van der Waals surface area contributed by atoms with Crippen molar-refractivity contribution < 1.29 is 9.90 Å². The summed E-state index contributed by atoms with van der Waals surface area (Å²) in [5.74, 6) is -0.109.